The monoisotopic (exact) mass is 183 g/mol. The molecule has 0 spiro atoms. The molecule has 0 atom stereocenters. The third kappa shape index (κ3) is 4.31. The van der Waals surface area contributed by atoms with Crippen LogP contribution in [0.15, 0.2) is 12.5 Å². The number of aromatic amines is 1. The molecule has 0 aromatic carbocycles. The van der Waals surface area contributed by atoms with Gasteiger partial charge in [-0.1, -0.05) is 0 Å². The summed E-state index contributed by atoms with van der Waals surface area (Å²) in [6.07, 6.45) is 2.78. The first-order chi connectivity index (χ1) is 3.80. The molecule has 1 aromatic rings. The molecule has 0 bridgehead atoms. The molecule has 0 saturated carbocycles. The van der Waals surface area contributed by atoms with Crippen LogP contribution in [0.5, 0.6) is 0 Å². The summed E-state index contributed by atoms with van der Waals surface area (Å²) < 4.78 is 0. The summed E-state index contributed by atoms with van der Waals surface area (Å²) in [5.74, 6) is -0.484. The zero-order chi connectivity index (χ0) is 5.98. The molecule has 0 aliphatic rings. The van der Waals surface area contributed by atoms with Gasteiger partial charge in [0.05, 0.1) is 12.5 Å². The molecule has 11 heavy (non-hydrogen) atoms. The van der Waals surface area contributed by atoms with E-state index in [-0.39, 0.29) is 23.4 Å². The number of carbonyl (C=O) groups excluding carboxylic acids is 1. The molecule has 0 saturated heterocycles. The highest BCUT2D eigenvalue weighted by Gasteiger charge is 1.96. The molecule has 1 aromatic heterocycles. The van der Waals surface area contributed by atoms with E-state index in [0.717, 1.165) is 0 Å². The molecular weight excluding hydrogens is 174 g/mol. The van der Waals surface area contributed by atoms with Crippen molar-refractivity contribution in [3.05, 3.63) is 18.2 Å². The van der Waals surface area contributed by atoms with Gasteiger partial charge in [-0.15, -0.1) is 12.4 Å². The fourth-order valence-corrected chi connectivity index (χ4v) is 0.391. The van der Waals surface area contributed by atoms with Crippen LogP contribution in [0.2, 0.25) is 0 Å². The molecule has 0 aliphatic carbocycles. The van der Waals surface area contributed by atoms with Crippen LogP contribution >= 0.6 is 12.4 Å². The van der Waals surface area contributed by atoms with Gasteiger partial charge in [0.2, 0.25) is 0 Å². The summed E-state index contributed by atoms with van der Waals surface area (Å²) in [5, 5.41) is 0. The van der Waals surface area contributed by atoms with Gasteiger partial charge in [0.25, 0.3) is 5.91 Å². The third-order valence-electron chi connectivity index (χ3n) is 0.764. The van der Waals surface area contributed by atoms with E-state index in [4.69, 9.17) is 5.73 Å². The Morgan fingerprint density at radius 1 is 1.55 bits per heavy atom. The number of H-pyrrole nitrogens is 1. The number of nitrogens with one attached hydrogen (secondary N) is 1. The van der Waals surface area contributed by atoms with E-state index in [1.807, 2.05) is 0 Å². The normalized spacial score (nSPS) is 6.55. The van der Waals surface area contributed by atoms with Crippen LogP contribution in [0.1, 0.15) is 10.5 Å². The van der Waals surface area contributed by atoms with Gasteiger partial charge in [0.15, 0.2) is 0 Å². The zero-order valence-electron chi connectivity index (χ0n) is 5.50. The summed E-state index contributed by atoms with van der Waals surface area (Å²) in [7, 11) is 0. The Hall–Kier alpha value is -1.11. The van der Waals surface area contributed by atoms with Gasteiger partial charge in [-0.25, -0.2) is 4.98 Å². The van der Waals surface area contributed by atoms with Crippen LogP contribution < -0.4 is 5.73 Å². The Balaban J connectivity index is -0.000000213. The molecule has 0 aliphatic heterocycles. The minimum absolute atomic E-state index is 0. The van der Waals surface area contributed by atoms with Gasteiger partial charge >= 0.3 is 0 Å². The van der Waals surface area contributed by atoms with Crippen LogP contribution in [0.3, 0.4) is 0 Å². The third-order valence-corrected chi connectivity index (χ3v) is 0.764. The maximum absolute atomic E-state index is 10.2. The molecule has 7 N–H and O–H groups in total. The maximum Gasteiger partial charge on any atom is 0.266 e. The zero-order valence-corrected chi connectivity index (χ0v) is 6.31. The largest absolute Gasteiger partial charge is 0.412 e. The van der Waals surface area contributed by atoms with Crippen molar-refractivity contribution in [2.45, 2.75) is 0 Å². The Bertz CT molecular complexity index is 188. The Morgan fingerprint density at radius 3 is 2.27 bits per heavy atom. The summed E-state index contributed by atoms with van der Waals surface area (Å²) in [5.41, 5.74) is 5.19. The Labute approximate surface area is 68.8 Å². The molecule has 0 fully saturated rings. The van der Waals surface area contributed by atoms with Gasteiger partial charge in [-0.3, -0.25) is 4.79 Å². The lowest BCUT2D eigenvalue weighted by molar-refractivity contribution is 0.0996. The van der Waals surface area contributed by atoms with Gasteiger partial charge in [-0.05, 0) is 0 Å². The van der Waals surface area contributed by atoms with Crippen molar-refractivity contribution in [3.63, 3.8) is 0 Å². The van der Waals surface area contributed by atoms with Crippen molar-refractivity contribution in [1.29, 1.82) is 0 Å². The van der Waals surface area contributed by atoms with E-state index < -0.39 is 5.91 Å². The minimum Gasteiger partial charge on any atom is -0.412 e. The van der Waals surface area contributed by atoms with E-state index in [9.17, 15) is 4.79 Å². The van der Waals surface area contributed by atoms with Crippen molar-refractivity contribution >= 4 is 18.3 Å². The molecule has 1 rings (SSSR count). The number of hydrogen-bond acceptors (Lipinski definition) is 2. The highest BCUT2D eigenvalue weighted by atomic mass is 35.5. The fraction of sp³-hybridized carbons (Fsp3) is 0. The van der Waals surface area contributed by atoms with Crippen LogP contribution in [0.4, 0.5) is 0 Å². The number of nitrogens with two attached hydrogens (primary N) is 1. The number of imidazole rings is 1. The highest BCUT2D eigenvalue weighted by Crippen LogP contribution is 1.85. The molecule has 66 valence electrons. The second kappa shape index (κ2) is 7.00. The lowest BCUT2D eigenvalue weighted by Gasteiger charge is -1.80. The molecule has 1 amide bonds. The van der Waals surface area contributed by atoms with Gasteiger partial charge in [-0.2, -0.15) is 0 Å². The predicted octanol–water partition coefficient (Wildman–Crippen LogP) is -1.72. The molecular formula is C4H10ClN3O3. The first-order valence-electron chi connectivity index (χ1n) is 2.09. The average molecular weight is 184 g/mol. The summed E-state index contributed by atoms with van der Waals surface area (Å²) in [6.45, 7) is 0. The SMILES string of the molecule is Cl.NC(=O)c1cnc[nH]1.O.O. The quantitative estimate of drug-likeness (QED) is 0.536. The molecule has 6 nitrogen and oxygen atoms in total. The van der Waals surface area contributed by atoms with Crippen LogP contribution in [-0.2, 0) is 0 Å². The van der Waals surface area contributed by atoms with Crippen molar-refractivity contribution in [2.24, 2.45) is 5.73 Å². The highest BCUT2D eigenvalue weighted by molar-refractivity contribution is 5.90. The average Bonchev–Trinajstić information content (AvgIpc) is 2.12. The molecule has 0 radical (unpaired) electrons. The Kier molecular flexibility index (Phi) is 10.5. The summed E-state index contributed by atoms with van der Waals surface area (Å²) in [6, 6.07) is 0. The van der Waals surface area contributed by atoms with Crippen molar-refractivity contribution in [1.82, 2.24) is 9.97 Å². The number of amides is 1. The minimum atomic E-state index is -0.484. The van der Waals surface area contributed by atoms with E-state index in [1.54, 1.807) is 0 Å². The van der Waals surface area contributed by atoms with Crippen molar-refractivity contribution < 1.29 is 15.7 Å². The number of nitrogens with zero attached hydrogens (tertiary/aromatic N) is 1. The standard InChI is InChI=1S/C4H5N3O.ClH.2H2O/c5-4(8)3-1-6-2-7-3;;;/h1-2H,(H2,5,8)(H,6,7);1H;2*1H2. The number of rotatable bonds is 1. The molecule has 0 unspecified atom stereocenters. The van der Waals surface area contributed by atoms with E-state index in [1.165, 1.54) is 12.5 Å². The first kappa shape index (κ1) is 16.5. The molecule has 7 heteroatoms. The topological polar surface area (TPSA) is 135 Å². The number of halogens is 1. The first-order valence-corrected chi connectivity index (χ1v) is 2.09. The van der Waals surface area contributed by atoms with E-state index >= 15 is 0 Å². The van der Waals surface area contributed by atoms with Gasteiger partial charge in [0, 0.05) is 0 Å². The number of aromatic nitrogens is 2. The van der Waals surface area contributed by atoms with E-state index in [0.29, 0.717) is 5.69 Å². The Morgan fingerprint density at radius 2 is 2.09 bits per heavy atom. The van der Waals surface area contributed by atoms with Gasteiger partial charge in [0.1, 0.15) is 5.69 Å². The predicted molar refractivity (Wildman–Crippen MR) is 41.6 cm³/mol. The van der Waals surface area contributed by atoms with Crippen molar-refractivity contribution in [3.8, 4) is 0 Å². The second-order valence-electron chi connectivity index (χ2n) is 1.33. The number of hydrogen-bond donors (Lipinski definition) is 2. The van der Waals surface area contributed by atoms with Crippen LogP contribution in [0.25, 0.3) is 0 Å². The maximum atomic E-state index is 10.2. The number of primary amides is 1. The lowest BCUT2D eigenvalue weighted by Crippen LogP contribution is -2.10. The van der Waals surface area contributed by atoms with E-state index in [2.05, 4.69) is 9.97 Å². The number of carbonyl (C=O) groups is 1. The smallest absolute Gasteiger partial charge is 0.266 e. The summed E-state index contributed by atoms with van der Waals surface area (Å²) in [4.78, 5) is 16.4. The van der Waals surface area contributed by atoms with Crippen LogP contribution in [-0.4, -0.2) is 26.8 Å². The van der Waals surface area contributed by atoms with Gasteiger partial charge < -0.3 is 21.7 Å². The molecule has 1 heterocycles. The van der Waals surface area contributed by atoms with Crippen molar-refractivity contribution in [2.75, 3.05) is 0 Å². The lowest BCUT2D eigenvalue weighted by atomic mass is 10.5. The summed E-state index contributed by atoms with van der Waals surface area (Å²) >= 11 is 0. The fourth-order valence-electron chi connectivity index (χ4n) is 0.391. The second-order valence-corrected chi connectivity index (χ2v) is 1.33. The van der Waals surface area contributed by atoms with Crippen LogP contribution in [0, 0.1) is 0 Å².